The quantitative estimate of drug-likeness (QED) is 0.908. The Morgan fingerprint density at radius 3 is 2.83 bits per heavy atom. The zero-order valence-electron chi connectivity index (χ0n) is 11.3. The van der Waals surface area contributed by atoms with E-state index in [1.165, 1.54) is 5.56 Å². The molecule has 1 aliphatic rings. The predicted molar refractivity (Wildman–Crippen MR) is 77.8 cm³/mol. The van der Waals surface area contributed by atoms with E-state index in [1.54, 1.807) is 0 Å². The maximum absolute atomic E-state index is 6.15. The molecule has 1 saturated heterocycles. The minimum Gasteiger partial charge on any atom is -0.327 e. The Balaban J connectivity index is 2.17. The lowest BCUT2D eigenvalue weighted by atomic mass is 9.92. The second-order valence-electron chi connectivity index (χ2n) is 5.53. The maximum Gasteiger partial charge on any atom is 0.0409 e. The molecular formula is C15H23ClN2. The van der Waals surface area contributed by atoms with E-state index in [1.807, 2.05) is 12.1 Å². The van der Waals surface area contributed by atoms with E-state index < -0.39 is 0 Å². The highest BCUT2D eigenvalue weighted by Crippen LogP contribution is 2.30. The molecule has 18 heavy (non-hydrogen) atoms. The van der Waals surface area contributed by atoms with Crippen molar-refractivity contribution in [3.8, 4) is 0 Å². The summed E-state index contributed by atoms with van der Waals surface area (Å²) < 4.78 is 0. The highest BCUT2D eigenvalue weighted by Gasteiger charge is 2.27. The van der Waals surface area contributed by atoms with Crippen molar-refractivity contribution < 1.29 is 0 Å². The molecule has 0 aliphatic carbocycles. The van der Waals surface area contributed by atoms with Crippen LogP contribution in [0.25, 0.3) is 0 Å². The van der Waals surface area contributed by atoms with Crippen molar-refractivity contribution in [3.63, 3.8) is 0 Å². The topological polar surface area (TPSA) is 29.3 Å². The van der Waals surface area contributed by atoms with Gasteiger partial charge in [-0.3, -0.25) is 4.90 Å². The van der Waals surface area contributed by atoms with Gasteiger partial charge in [-0.15, -0.1) is 0 Å². The van der Waals surface area contributed by atoms with E-state index in [2.05, 4.69) is 30.9 Å². The molecule has 3 unspecified atom stereocenters. The van der Waals surface area contributed by atoms with Crippen molar-refractivity contribution in [3.05, 3.63) is 34.9 Å². The van der Waals surface area contributed by atoms with E-state index in [0.717, 1.165) is 31.0 Å². The number of hydrogen-bond acceptors (Lipinski definition) is 2. The van der Waals surface area contributed by atoms with Crippen LogP contribution in [0.5, 0.6) is 0 Å². The summed E-state index contributed by atoms with van der Waals surface area (Å²) in [6.07, 6.45) is 2.24. The summed E-state index contributed by atoms with van der Waals surface area (Å²) >= 11 is 6.10. The first-order chi connectivity index (χ1) is 8.60. The minimum atomic E-state index is 0.307. The number of nitrogens with zero attached hydrogens (tertiary/aromatic N) is 1. The van der Waals surface area contributed by atoms with Crippen LogP contribution in [-0.4, -0.2) is 24.0 Å². The Labute approximate surface area is 115 Å². The highest BCUT2D eigenvalue weighted by atomic mass is 35.5. The van der Waals surface area contributed by atoms with Gasteiger partial charge >= 0.3 is 0 Å². The average molecular weight is 267 g/mol. The van der Waals surface area contributed by atoms with Crippen molar-refractivity contribution in [2.75, 3.05) is 13.1 Å². The predicted octanol–water partition coefficient (Wildman–Crippen LogP) is 3.46. The van der Waals surface area contributed by atoms with Gasteiger partial charge in [0, 0.05) is 30.2 Å². The van der Waals surface area contributed by atoms with E-state index >= 15 is 0 Å². The first-order valence-electron chi connectivity index (χ1n) is 6.85. The second kappa shape index (κ2) is 6.05. The number of halogens is 1. The van der Waals surface area contributed by atoms with Crippen molar-refractivity contribution in [2.24, 2.45) is 11.7 Å². The third kappa shape index (κ3) is 3.25. The number of benzene rings is 1. The van der Waals surface area contributed by atoms with Gasteiger partial charge in [0.2, 0.25) is 0 Å². The molecule has 0 amide bonds. The van der Waals surface area contributed by atoms with E-state index in [0.29, 0.717) is 18.0 Å². The van der Waals surface area contributed by atoms with Crippen LogP contribution in [0.4, 0.5) is 0 Å². The zero-order valence-corrected chi connectivity index (χ0v) is 12.0. The van der Waals surface area contributed by atoms with Crippen LogP contribution in [-0.2, 0) is 0 Å². The van der Waals surface area contributed by atoms with E-state index in [9.17, 15) is 0 Å². The monoisotopic (exact) mass is 266 g/mol. The molecule has 3 heteroatoms. The molecule has 2 nitrogen and oxygen atoms in total. The molecule has 1 aromatic carbocycles. The maximum atomic E-state index is 6.15. The summed E-state index contributed by atoms with van der Waals surface area (Å²) in [7, 11) is 0. The lowest BCUT2D eigenvalue weighted by molar-refractivity contribution is 0.112. The standard InChI is InChI=1S/C15H23ClN2/c1-3-15(12-5-4-6-13(16)8-12)18-9-11(2)7-14(17)10-18/h4-6,8,11,14-15H,3,7,9-10,17H2,1-2H3. The second-order valence-corrected chi connectivity index (χ2v) is 5.97. The molecule has 100 valence electrons. The van der Waals surface area contributed by atoms with Crippen molar-refractivity contribution in [2.45, 2.75) is 38.8 Å². The molecule has 1 aromatic rings. The molecule has 1 heterocycles. The van der Waals surface area contributed by atoms with Gasteiger partial charge in [0.15, 0.2) is 0 Å². The Morgan fingerprint density at radius 1 is 1.44 bits per heavy atom. The highest BCUT2D eigenvalue weighted by molar-refractivity contribution is 6.30. The summed E-state index contributed by atoms with van der Waals surface area (Å²) in [6.45, 7) is 6.65. The first kappa shape index (κ1) is 13.9. The molecule has 2 N–H and O–H groups in total. The number of likely N-dealkylation sites (tertiary alicyclic amines) is 1. The van der Waals surface area contributed by atoms with Crippen LogP contribution >= 0.6 is 11.6 Å². The van der Waals surface area contributed by atoms with Gasteiger partial charge in [0.05, 0.1) is 0 Å². The lowest BCUT2D eigenvalue weighted by Gasteiger charge is -2.40. The fraction of sp³-hybridized carbons (Fsp3) is 0.600. The zero-order chi connectivity index (χ0) is 13.1. The fourth-order valence-electron chi connectivity index (χ4n) is 3.12. The van der Waals surface area contributed by atoms with E-state index in [4.69, 9.17) is 17.3 Å². The third-order valence-corrected chi connectivity index (χ3v) is 4.02. The van der Waals surface area contributed by atoms with Gasteiger partial charge in [-0.2, -0.15) is 0 Å². The Bertz CT molecular complexity index is 384. The Kier molecular flexibility index (Phi) is 4.66. The summed E-state index contributed by atoms with van der Waals surface area (Å²) in [5.74, 6) is 0.682. The van der Waals surface area contributed by atoms with Gasteiger partial charge in [-0.25, -0.2) is 0 Å². The van der Waals surface area contributed by atoms with Crippen LogP contribution in [0, 0.1) is 5.92 Å². The van der Waals surface area contributed by atoms with Crippen LogP contribution in [0.1, 0.15) is 38.3 Å². The van der Waals surface area contributed by atoms with Crippen molar-refractivity contribution >= 4 is 11.6 Å². The number of piperidine rings is 1. The number of rotatable bonds is 3. The Hall–Kier alpha value is -0.570. The molecule has 1 aliphatic heterocycles. The Morgan fingerprint density at radius 2 is 2.22 bits per heavy atom. The van der Waals surface area contributed by atoms with Gasteiger partial charge in [-0.1, -0.05) is 37.6 Å². The molecular weight excluding hydrogens is 244 g/mol. The van der Waals surface area contributed by atoms with Crippen LogP contribution in [0.15, 0.2) is 24.3 Å². The van der Waals surface area contributed by atoms with Crippen molar-refractivity contribution in [1.29, 1.82) is 0 Å². The first-order valence-corrected chi connectivity index (χ1v) is 7.23. The van der Waals surface area contributed by atoms with Gasteiger partial charge < -0.3 is 5.73 Å². The van der Waals surface area contributed by atoms with Gasteiger partial charge in [-0.05, 0) is 36.5 Å². The molecule has 0 aromatic heterocycles. The SMILES string of the molecule is CCC(c1cccc(Cl)c1)N1CC(C)CC(N)C1. The van der Waals surface area contributed by atoms with Crippen LogP contribution in [0.3, 0.4) is 0 Å². The summed E-state index contributed by atoms with van der Waals surface area (Å²) in [5, 5.41) is 0.820. The van der Waals surface area contributed by atoms with Crippen LogP contribution < -0.4 is 5.73 Å². The third-order valence-electron chi connectivity index (χ3n) is 3.78. The summed E-state index contributed by atoms with van der Waals surface area (Å²) in [4.78, 5) is 2.52. The lowest BCUT2D eigenvalue weighted by Crippen LogP contribution is -2.47. The number of nitrogens with two attached hydrogens (primary N) is 1. The summed E-state index contributed by atoms with van der Waals surface area (Å²) in [6, 6.07) is 8.97. The number of hydrogen-bond donors (Lipinski definition) is 1. The van der Waals surface area contributed by atoms with Crippen molar-refractivity contribution in [1.82, 2.24) is 4.90 Å². The molecule has 1 fully saturated rings. The van der Waals surface area contributed by atoms with Crippen LogP contribution in [0.2, 0.25) is 5.02 Å². The smallest absolute Gasteiger partial charge is 0.0409 e. The average Bonchev–Trinajstić information content (AvgIpc) is 2.28. The largest absolute Gasteiger partial charge is 0.327 e. The summed E-state index contributed by atoms with van der Waals surface area (Å²) in [5.41, 5.74) is 7.46. The van der Waals surface area contributed by atoms with Gasteiger partial charge in [0.1, 0.15) is 0 Å². The molecule has 0 bridgehead atoms. The fourth-order valence-corrected chi connectivity index (χ4v) is 3.31. The van der Waals surface area contributed by atoms with E-state index in [-0.39, 0.29) is 0 Å². The molecule has 2 rings (SSSR count). The normalized spacial score (nSPS) is 27.1. The molecule has 3 atom stereocenters. The minimum absolute atomic E-state index is 0.307. The molecule has 0 radical (unpaired) electrons. The molecule has 0 saturated carbocycles. The van der Waals surface area contributed by atoms with Gasteiger partial charge in [0.25, 0.3) is 0 Å². The molecule has 0 spiro atoms.